The van der Waals surface area contributed by atoms with Crippen LogP contribution >= 0.6 is 0 Å². The number of amides is 2. The molecular formula is C31H28F3N7O4. The Bertz CT molecular complexity index is 1770. The van der Waals surface area contributed by atoms with E-state index in [1.165, 1.54) is 30.8 Å². The quantitative estimate of drug-likeness (QED) is 0.286. The van der Waals surface area contributed by atoms with E-state index in [2.05, 4.69) is 31.1 Å². The summed E-state index contributed by atoms with van der Waals surface area (Å²) >= 11 is 0. The number of hydrogen-bond donors (Lipinski definition) is 1. The zero-order valence-electron chi connectivity index (χ0n) is 24.3. The minimum Gasteiger partial charge on any atom is -0.488 e. The molecule has 2 amide bonds. The monoisotopic (exact) mass is 619 g/mol. The molecule has 14 heteroatoms. The number of esters is 1. The van der Waals surface area contributed by atoms with Gasteiger partial charge in [0.1, 0.15) is 29.8 Å². The number of piperidine rings is 1. The number of alkyl halides is 3. The van der Waals surface area contributed by atoms with Crippen LogP contribution < -0.4 is 15.0 Å². The van der Waals surface area contributed by atoms with Crippen LogP contribution in [0.5, 0.6) is 5.75 Å². The Morgan fingerprint density at radius 2 is 1.82 bits per heavy atom. The lowest BCUT2D eigenvalue weighted by atomic mass is 9.88. The van der Waals surface area contributed by atoms with Crippen LogP contribution in [-0.2, 0) is 9.53 Å². The van der Waals surface area contributed by atoms with Gasteiger partial charge < -0.3 is 24.6 Å². The molecule has 45 heavy (non-hydrogen) atoms. The molecule has 7 rings (SSSR count). The molecule has 2 unspecified atom stereocenters. The zero-order chi connectivity index (χ0) is 31.9. The van der Waals surface area contributed by atoms with E-state index in [1.54, 1.807) is 12.3 Å². The molecule has 2 atom stereocenters. The van der Waals surface area contributed by atoms with Crippen LogP contribution in [0.4, 0.5) is 29.5 Å². The van der Waals surface area contributed by atoms with Crippen LogP contribution in [-0.4, -0.2) is 75.1 Å². The highest BCUT2D eigenvalue weighted by molar-refractivity contribution is 5.90. The van der Waals surface area contributed by atoms with Crippen LogP contribution in [0, 0.1) is 11.3 Å². The molecular weight excluding hydrogens is 591 g/mol. The second-order valence-corrected chi connectivity index (χ2v) is 11.5. The molecule has 6 heterocycles. The number of nitrogens with zero attached hydrogens (tertiary/aromatic N) is 6. The van der Waals surface area contributed by atoms with Gasteiger partial charge in [-0.15, -0.1) is 0 Å². The number of pyridine rings is 2. The number of fused-ring (bicyclic) bond motifs is 3. The maximum atomic E-state index is 12.9. The van der Waals surface area contributed by atoms with E-state index in [9.17, 15) is 28.0 Å². The fourth-order valence-corrected chi connectivity index (χ4v) is 5.64. The molecule has 0 radical (unpaired) electrons. The molecule has 3 aliphatic heterocycles. The largest absolute Gasteiger partial charge is 0.490 e. The third kappa shape index (κ3) is 6.06. The third-order valence-corrected chi connectivity index (χ3v) is 7.73. The molecule has 0 aliphatic carbocycles. The minimum absolute atomic E-state index is 0.0621. The van der Waals surface area contributed by atoms with E-state index in [4.69, 9.17) is 4.74 Å². The molecule has 3 aromatic heterocycles. The average Bonchev–Trinajstić information content (AvgIpc) is 3.43. The Labute approximate surface area is 255 Å². The third-order valence-electron chi connectivity index (χ3n) is 7.73. The van der Waals surface area contributed by atoms with Gasteiger partial charge in [-0.05, 0) is 50.6 Å². The van der Waals surface area contributed by atoms with Crippen LogP contribution in [0.15, 0.2) is 67.1 Å². The lowest BCUT2D eigenvalue weighted by Gasteiger charge is -2.56. The second kappa shape index (κ2) is 11.3. The molecule has 0 spiro atoms. The van der Waals surface area contributed by atoms with E-state index in [0.717, 1.165) is 17.9 Å². The van der Waals surface area contributed by atoms with Crippen molar-refractivity contribution in [2.75, 3.05) is 29.9 Å². The van der Waals surface area contributed by atoms with E-state index < -0.39 is 17.7 Å². The number of nitrogens with one attached hydrogen (secondary N) is 1. The van der Waals surface area contributed by atoms with Crippen molar-refractivity contribution in [2.45, 2.75) is 44.1 Å². The maximum absolute atomic E-state index is 12.9. The first-order valence-electron chi connectivity index (χ1n) is 14.1. The molecule has 1 aromatic carbocycles. The Balaban J connectivity index is 1.17. The summed E-state index contributed by atoms with van der Waals surface area (Å²) in [5.41, 5.74) is 1.19. The molecule has 2 bridgehead atoms. The normalized spacial score (nSPS) is 17.8. The predicted molar refractivity (Wildman–Crippen MR) is 157 cm³/mol. The minimum atomic E-state index is -5.13. The van der Waals surface area contributed by atoms with Gasteiger partial charge in [-0.25, -0.2) is 19.1 Å². The van der Waals surface area contributed by atoms with Crippen molar-refractivity contribution in [1.29, 1.82) is 5.26 Å². The summed E-state index contributed by atoms with van der Waals surface area (Å²) < 4.78 is 49.9. The standard InChI is InChI=1S/C31H28F3N7O4/c1-30(2,45-28(42)31(32,33)34)18-44-24-11-25(27-20(12-35)14-37-40(27)17-24)19-8-9-26(36-13-19)39-15-22-10-23(16-39)41(22)29(43)38-21-6-4-3-5-7-21/h3-9,11,13-14,17,22-23H,10,15-16,18H2,1-2H3,(H,38,43). The first kappa shape index (κ1) is 29.7. The molecule has 3 fully saturated rings. The number of anilines is 2. The summed E-state index contributed by atoms with van der Waals surface area (Å²) in [5, 5.41) is 16.9. The van der Waals surface area contributed by atoms with E-state index in [1.807, 2.05) is 47.4 Å². The van der Waals surface area contributed by atoms with Crippen LogP contribution in [0.2, 0.25) is 0 Å². The number of ether oxygens (including phenoxy) is 2. The van der Waals surface area contributed by atoms with Crippen molar-refractivity contribution in [3.05, 3.63) is 72.7 Å². The van der Waals surface area contributed by atoms with Crippen LogP contribution in [0.3, 0.4) is 0 Å². The summed E-state index contributed by atoms with van der Waals surface area (Å²) in [6, 6.07) is 16.8. The lowest BCUT2D eigenvalue weighted by Crippen LogP contribution is -2.71. The zero-order valence-corrected chi connectivity index (χ0v) is 24.3. The molecule has 232 valence electrons. The number of carbonyl (C=O) groups is 2. The number of nitriles is 1. The van der Waals surface area contributed by atoms with Crippen molar-refractivity contribution in [3.63, 3.8) is 0 Å². The van der Waals surface area contributed by atoms with Crippen LogP contribution in [0.1, 0.15) is 25.8 Å². The van der Waals surface area contributed by atoms with Gasteiger partial charge >= 0.3 is 18.2 Å². The van der Waals surface area contributed by atoms with Gasteiger partial charge in [-0.2, -0.15) is 23.5 Å². The Kier molecular flexibility index (Phi) is 7.47. The first-order valence-corrected chi connectivity index (χ1v) is 14.1. The lowest BCUT2D eigenvalue weighted by molar-refractivity contribution is -0.213. The molecule has 1 N–H and O–H groups in total. The molecule has 3 saturated heterocycles. The number of aromatic nitrogens is 3. The fourth-order valence-electron chi connectivity index (χ4n) is 5.64. The van der Waals surface area contributed by atoms with Gasteiger partial charge in [0.2, 0.25) is 0 Å². The first-order chi connectivity index (χ1) is 21.4. The number of halogens is 3. The fraction of sp³-hybridized carbons (Fsp3) is 0.323. The molecule has 0 saturated carbocycles. The maximum Gasteiger partial charge on any atom is 0.490 e. The number of para-hydroxylation sites is 1. The van der Waals surface area contributed by atoms with Gasteiger partial charge in [0, 0.05) is 36.1 Å². The summed E-state index contributed by atoms with van der Waals surface area (Å²) in [6.45, 7) is 3.50. The highest BCUT2D eigenvalue weighted by atomic mass is 19.4. The van der Waals surface area contributed by atoms with Crippen molar-refractivity contribution in [1.82, 2.24) is 19.5 Å². The average molecular weight is 620 g/mol. The Morgan fingerprint density at radius 3 is 2.47 bits per heavy atom. The molecule has 4 aromatic rings. The van der Waals surface area contributed by atoms with Crippen molar-refractivity contribution in [3.8, 4) is 22.9 Å². The number of rotatable bonds is 7. The summed E-state index contributed by atoms with van der Waals surface area (Å²) in [4.78, 5) is 32.9. The second-order valence-electron chi connectivity index (χ2n) is 11.5. The van der Waals surface area contributed by atoms with Gasteiger partial charge in [0.05, 0.1) is 35.6 Å². The topological polar surface area (TPSA) is 125 Å². The van der Waals surface area contributed by atoms with E-state index >= 15 is 0 Å². The van der Waals surface area contributed by atoms with Crippen molar-refractivity contribution >= 4 is 29.0 Å². The van der Waals surface area contributed by atoms with Gasteiger partial charge in [0.25, 0.3) is 0 Å². The molecule has 3 aliphatic rings. The van der Waals surface area contributed by atoms with Gasteiger partial charge in [-0.1, -0.05) is 18.2 Å². The number of piperazine rings is 1. The highest BCUT2D eigenvalue weighted by Gasteiger charge is 2.47. The van der Waals surface area contributed by atoms with Crippen LogP contribution in [0.25, 0.3) is 16.6 Å². The Morgan fingerprint density at radius 1 is 1.09 bits per heavy atom. The summed E-state index contributed by atoms with van der Waals surface area (Å²) in [5.74, 6) is -1.34. The number of carbonyl (C=O) groups excluding carboxylic acids is 2. The van der Waals surface area contributed by atoms with Gasteiger partial charge in [-0.3, -0.25) is 0 Å². The van der Waals surface area contributed by atoms with E-state index in [-0.39, 0.29) is 30.5 Å². The summed E-state index contributed by atoms with van der Waals surface area (Å²) in [7, 11) is 0. The highest BCUT2D eigenvalue weighted by Crippen LogP contribution is 2.36. The van der Waals surface area contributed by atoms with Gasteiger partial charge in [0.15, 0.2) is 0 Å². The number of benzene rings is 1. The van der Waals surface area contributed by atoms with Crippen molar-refractivity contribution in [2.24, 2.45) is 0 Å². The summed E-state index contributed by atoms with van der Waals surface area (Å²) in [6.07, 6.45) is 0.349. The predicted octanol–water partition coefficient (Wildman–Crippen LogP) is 5.03. The number of hydrogen-bond acceptors (Lipinski definition) is 8. The smallest absolute Gasteiger partial charge is 0.488 e. The number of urea groups is 1. The molecule has 11 nitrogen and oxygen atoms in total. The van der Waals surface area contributed by atoms with E-state index in [0.29, 0.717) is 35.3 Å². The van der Waals surface area contributed by atoms with Crippen molar-refractivity contribution < 1.29 is 32.2 Å². The Hall–Kier alpha value is -5.32. The SMILES string of the molecule is CC(C)(COc1cc(-c2ccc(N3CC4CC(C3)N4C(=O)Nc3ccccc3)nc2)c2c(C#N)cnn2c1)OC(=O)C(F)(F)F.